The Balaban J connectivity index is 1.25. The predicted octanol–water partition coefficient (Wildman–Crippen LogP) is 7.66. The fourth-order valence-electron chi connectivity index (χ4n) is 3.34. The van der Waals surface area contributed by atoms with Crippen LogP contribution in [0.2, 0.25) is 10.0 Å². The lowest BCUT2D eigenvalue weighted by Gasteiger charge is -2.10. The molecule has 168 valence electrons. The van der Waals surface area contributed by atoms with Crippen molar-refractivity contribution in [3.8, 4) is 21.9 Å². The smallest absolute Gasteiger partial charge is 0.293 e. The van der Waals surface area contributed by atoms with Crippen LogP contribution < -0.4 is 10.6 Å². The number of para-hydroxylation sites is 1. The summed E-state index contributed by atoms with van der Waals surface area (Å²) in [6.45, 7) is 0. The molecular formula is C25H15Cl2N3O2S2. The van der Waals surface area contributed by atoms with E-state index < -0.39 is 5.91 Å². The van der Waals surface area contributed by atoms with Crippen molar-refractivity contribution in [1.29, 1.82) is 0 Å². The van der Waals surface area contributed by atoms with Crippen LogP contribution in [0, 0.1) is 0 Å². The number of thiocarbonyl (C=S) groups is 1. The predicted molar refractivity (Wildman–Crippen MR) is 143 cm³/mol. The van der Waals surface area contributed by atoms with Gasteiger partial charge >= 0.3 is 0 Å². The molecule has 0 saturated heterocycles. The molecule has 0 bridgehead atoms. The van der Waals surface area contributed by atoms with Gasteiger partial charge in [-0.1, -0.05) is 47.5 Å². The van der Waals surface area contributed by atoms with Crippen LogP contribution >= 0.6 is 46.8 Å². The summed E-state index contributed by atoms with van der Waals surface area (Å²) in [5.41, 5.74) is 3.17. The molecule has 5 rings (SSSR count). The number of benzene rings is 3. The minimum Gasteiger partial charge on any atom is -0.451 e. The first-order chi connectivity index (χ1) is 16.5. The van der Waals surface area contributed by atoms with Crippen LogP contribution in [-0.2, 0) is 0 Å². The molecule has 0 saturated carbocycles. The highest BCUT2D eigenvalue weighted by molar-refractivity contribution is 7.80. The van der Waals surface area contributed by atoms with Gasteiger partial charge in [-0.05, 0) is 66.8 Å². The Labute approximate surface area is 214 Å². The summed E-state index contributed by atoms with van der Waals surface area (Å²) in [4.78, 5) is 17.2. The van der Waals surface area contributed by atoms with Crippen molar-refractivity contribution in [2.45, 2.75) is 0 Å². The molecule has 0 aliphatic carbocycles. The molecule has 5 nitrogen and oxygen atoms in total. The van der Waals surface area contributed by atoms with Gasteiger partial charge in [-0.2, -0.15) is 0 Å². The first-order valence-corrected chi connectivity index (χ1v) is 12.1. The lowest BCUT2D eigenvalue weighted by molar-refractivity contribution is 0.0951. The zero-order valence-electron chi connectivity index (χ0n) is 17.3. The summed E-state index contributed by atoms with van der Waals surface area (Å²) in [7, 11) is 0. The van der Waals surface area contributed by atoms with Gasteiger partial charge in [0.05, 0.1) is 15.2 Å². The van der Waals surface area contributed by atoms with Crippen LogP contribution in [0.4, 0.5) is 5.69 Å². The highest BCUT2D eigenvalue weighted by Crippen LogP contribution is 2.35. The molecule has 0 atom stereocenters. The number of hydrogen-bond donors (Lipinski definition) is 2. The van der Waals surface area contributed by atoms with Crippen molar-refractivity contribution < 1.29 is 9.21 Å². The zero-order chi connectivity index (χ0) is 23.7. The summed E-state index contributed by atoms with van der Waals surface area (Å²) in [6, 6.07) is 23.8. The average Bonchev–Trinajstić information content (AvgIpc) is 3.47. The van der Waals surface area contributed by atoms with Gasteiger partial charge in [0.15, 0.2) is 10.9 Å². The molecule has 5 aromatic rings. The standard InChI is InChI=1S/C25H15Cl2N3O2S2/c26-15-5-3-4-14(12-15)20-10-11-21(32-20)23(31)30-25(33)28-16-8-9-17(18(27)13-16)24-29-19-6-1-2-7-22(19)34-24/h1-13H,(H2,28,30,31,33). The third kappa shape index (κ3) is 4.83. The third-order valence-corrected chi connectivity index (χ3v) is 6.74. The van der Waals surface area contributed by atoms with Gasteiger partial charge in [-0.3, -0.25) is 10.1 Å². The average molecular weight is 524 g/mol. The van der Waals surface area contributed by atoms with E-state index in [1.54, 1.807) is 41.7 Å². The summed E-state index contributed by atoms with van der Waals surface area (Å²) >= 11 is 19.4. The second kappa shape index (κ2) is 9.56. The minimum atomic E-state index is -0.469. The van der Waals surface area contributed by atoms with Gasteiger partial charge in [-0.15, -0.1) is 11.3 Å². The van der Waals surface area contributed by atoms with Gasteiger partial charge in [0.1, 0.15) is 10.8 Å². The Morgan fingerprint density at radius 1 is 0.971 bits per heavy atom. The number of halogens is 2. The van der Waals surface area contributed by atoms with Crippen LogP contribution in [0.3, 0.4) is 0 Å². The summed E-state index contributed by atoms with van der Waals surface area (Å²) in [5.74, 6) is 0.190. The summed E-state index contributed by atoms with van der Waals surface area (Å²) in [6.07, 6.45) is 0. The van der Waals surface area contributed by atoms with Crippen molar-refractivity contribution in [1.82, 2.24) is 10.3 Å². The Morgan fingerprint density at radius 2 is 1.82 bits per heavy atom. The Bertz CT molecular complexity index is 1510. The molecule has 1 amide bonds. The third-order valence-electron chi connectivity index (χ3n) is 4.92. The number of rotatable bonds is 4. The monoisotopic (exact) mass is 523 g/mol. The Kier molecular flexibility index (Phi) is 6.34. The zero-order valence-corrected chi connectivity index (χ0v) is 20.5. The molecule has 0 aliphatic rings. The van der Waals surface area contributed by atoms with E-state index in [0.717, 1.165) is 26.4 Å². The van der Waals surface area contributed by atoms with Gasteiger partial charge in [-0.25, -0.2) is 4.98 Å². The van der Waals surface area contributed by atoms with Crippen molar-refractivity contribution in [3.05, 3.63) is 94.7 Å². The Morgan fingerprint density at radius 3 is 2.62 bits per heavy atom. The molecule has 0 unspecified atom stereocenters. The molecule has 2 heterocycles. The number of fused-ring (bicyclic) bond motifs is 1. The van der Waals surface area contributed by atoms with E-state index in [2.05, 4.69) is 15.6 Å². The number of aromatic nitrogens is 1. The second-order valence-electron chi connectivity index (χ2n) is 7.26. The van der Waals surface area contributed by atoms with Crippen LogP contribution in [0.1, 0.15) is 10.6 Å². The van der Waals surface area contributed by atoms with Crippen molar-refractivity contribution in [3.63, 3.8) is 0 Å². The number of carbonyl (C=O) groups excluding carboxylic acids is 1. The van der Waals surface area contributed by atoms with E-state index in [9.17, 15) is 4.79 Å². The highest BCUT2D eigenvalue weighted by Gasteiger charge is 2.15. The topological polar surface area (TPSA) is 67.2 Å². The van der Waals surface area contributed by atoms with Crippen LogP contribution in [0.25, 0.3) is 32.1 Å². The normalized spacial score (nSPS) is 10.9. The molecule has 3 aromatic carbocycles. The fourth-order valence-corrected chi connectivity index (χ4v) is 5.07. The number of anilines is 1. The maximum Gasteiger partial charge on any atom is 0.293 e. The lowest BCUT2D eigenvalue weighted by Crippen LogP contribution is -2.33. The molecule has 34 heavy (non-hydrogen) atoms. The number of carbonyl (C=O) groups is 1. The Hall–Kier alpha value is -3.23. The van der Waals surface area contributed by atoms with Gasteiger partial charge < -0.3 is 9.73 Å². The van der Waals surface area contributed by atoms with E-state index in [0.29, 0.717) is 21.5 Å². The second-order valence-corrected chi connectivity index (χ2v) is 9.55. The van der Waals surface area contributed by atoms with Gasteiger partial charge in [0.25, 0.3) is 5.91 Å². The van der Waals surface area contributed by atoms with Crippen molar-refractivity contribution in [2.24, 2.45) is 0 Å². The van der Waals surface area contributed by atoms with Crippen LogP contribution in [-0.4, -0.2) is 16.0 Å². The van der Waals surface area contributed by atoms with E-state index in [4.69, 9.17) is 39.8 Å². The first kappa shape index (κ1) is 22.6. The molecule has 2 N–H and O–H groups in total. The van der Waals surface area contributed by atoms with Crippen LogP contribution in [0.15, 0.2) is 83.3 Å². The number of nitrogens with one attached hydrogen (secondary N) is 2. The van der Waals surface area contributed by atoms with Gasteiger partial charge in [0.2, 0.25) is 0 Å². The lowest BCUT2D eigenvalue weighted by atomic mass is 10.2. The van der Waals surface area contributed by atoms with Crippen molar-refractivity contribution >= 4 is 73.7 Å². The molecule has 0 aliphatic heterocycles. The molecule has 0 fully saturated rings. The number of nitrogens with zero attached hydrogens (tertiary/aromatic N) is 1. The van der Waals surface area contributed by atoms with Crippen molar-refractivity contribution in [2.75, 3.05) is 5.32 Å². The minimum absolute atomic E-state index is 0.120. The molecule has 2 aromatic heterocycles. The number of hydrogen-bond acceptors (Lipinski definition) is 5. The summed E-state index contributed by atoms with van der Waals surface area (Å²) < 4.78 is 6.75. The summed E-state index contributed by atoms with van der Waals surface area (Å²) in [5, 5.41) is 7.65. The number of amides is 1. The maximum absolute atomic E-state index is 12.6. The molecule has 0 spiro atoms. The fraction of sp³-hybridized carbons (Fsp3) is 0. The molecular weight excluding hydrogens is 509 g/mol. The highest BCUT2D eigenvalue weighted by atomic mass is 35.5. The van der Waals surface area contributed by atoms with Crippen LogP contribution in [0.5, 0.6) is 0 Å². The number of thiazole rings is 1. The maximum atomic E-state index is 12.6. The van der Waals surface area contributed by atoms with Gasteiger partial charge in [0, 0.05) is 21.8 Å². The number of furan rings is 1. The SMILES string of the molecule is O=C(NC(=S)Nc1ccc(-c2nc3ccccc3s2)c(Cl)c1)c1ccc(-c2cccc(Cl)c2)o1. The largest absolute Gasteiger partial charge is 0.451 e. The van der Waals surface area contributed by atoms with E-state index >= 15 is 0 Å². The van der Waals surface area contributed by atoms with E-state index in [1.807, 2.05) is 48.5 Å². The quantitative estimate of drug-likeness (QED) is 0.236. The van der Waals surface area contributed by atoms with E-state index in [1.165, 1.54) is 0 Å². The van der Waals surface area contributed by atoms with E-state index in [-0.39, 0.29) is 10.9 Å². The molecule has 9 heteroatoms. The molecule has 0 radical (unpaired) electrons. The first-order valence-electron chi connectivity index (χ1n) is 10.1.